The number of carboxylic acid groups (broad SMARTS) is 1. The summed E-state index contributed by atoms with van der Waals surface area (Å²) >= 11 is 3.19. The fourth-order valence-corrected chi connectivity index (χ4v) is 2.42. The lowest BCUT2D eigenvalue weighted by Gasteiger charge is -2.00. The fourth-order valence-electron chi connectivity index (χ4n) is 1.99. The number of nitrogens with zero attached hydrogens (tertiary/aromatic N) is 1. The molecule has 0 aliphatic rings. The molecule has 0 bridgehead atoms. The molecule has 84 valence electrons. The first-order chi connectivity index (χ1) is 7.43. The second kappa shape index (κ2) is 3.59. The van der Waals surface area contributed by atoms with Crippen LogP contribution < -0.4 is 0 Å². The third-order valence-corrected chi connectivity index (χ3v) is 3.12. The number of hydrogen-bond donors (Lipinski definition) is 1. The monoisotopic (exact) mass is 285 g/mol. The zero-order chi connectivity index (χ0) is 12.0. The predicted octanol–water partition coefficient (Wildman–Crippen LogP) is 3.09. The number of hydrogen-bond acceptors (Lipinski definition) is 1. The Balaban J connectivity index is 2.99. The minimum Gasteiger partial charge on any atom is -0.477 e. The number of fused-ring (bicyclic) bond motifs is 1. The third-order valence-electron chi connectivity index (χ3n) is 2.66. The van der Waals surface area contributed by atoms with E-state index >= 15 is 0 Å². The van der Waals surface area contributed by atoms with E-state index in [1.165, 1.54) is 10.6 Å². The number of halogens is 2. The SMILES string of the molecule is Cc1c(C(=O)O)n(C)c2c(F)cc(Br)cc12. The standard InChI is InChI=1S/C11H9BrFNO2/c1-5-7-3-6(12)4-8(13)10(7)14(2)9(5)11(15)16/h3-4H,1-2H3,(H,15,16). The number of aryl methyl sites for hydroxylation is 2. The van der Waals surface area contributed by atoms with Crippen LogP contribution in [0, 0.1) is 12.7 Å². The summed E-state index contributed by atoms with van der Waals surface area (Å²) in [7, 11) is 1.55. The molecule has 1 N–H and O–H groups in total. The predicted molar refractivity (Wildman–Crippen MR) is 62.3 cm³/mol. The molecule has 0 aliphatic heterocycles. The molecule has 0 saturated carbocycles. The van der Waals surface area contributed by atoms with Gasteiger partial charge in [0.15, 0.2) is 0 Å². The van der Waals surface area contributed by atoms with Gasteiger partial charge >= 0.3 is 5.97 Å². The van der Waals surface area contributed by atoms with Crippen molar-refractivity contribution in [2.45, 2.75) is 6.92 Å². The highest BCUT2D eigenvalue weighted by Crippen LogP contribution is 2.29. The zero-order valence-corrected chi connectivity index (χ0v) is 10.3. The zero-order valence-electron chi connectivity index (χ0n) is 8.71. The van der Waals surface area contributed by atoms with Crippen molar-refractivity contribution >= 4 is 32.8 Å². The lowest BCUT2D eigenvalue weighted by Crippen LogP contribution is -2.06. The fraction of sp³-hybridized carbons (Fsp3) is 0.182. The van der Waals surface area contributed by atoms with E-state index in [9.17, 15) is 9.18 Å². The summed E-state index contributed by atoms with van der Waals surface area (Å²) in [6.07, 6.45) is 0. The van der Waals surface area contributed by atoms with Crippen LogP contribution in [-0.4, -0.2) is 15.6 Å². The van der Waals surface area contributed by atoms with Crippen molar-refractivity contribution < 1.29 is 14.3 Å². The van der Waals surface area contributed by atoms with Gasteiger partial charge in [-0.1, -0.05) is 15.9 Å². The van der Waals surface area contributed by atoms with Crippen molar-refractivity contribution in [2.75, 3.05) is 0 Å². The van der Waals surface area contributed by atoms with Gasteiger partial charge in [-0.25, -0.2) is 9.18 Å². The lowest BCUT2D eigenvalue weighted by atomic mass is 10.1. The van der Waals surface area contributed by atoms with Gasteiger partial charge in [-0.2, -0.15) is 0 Å². The number of carboxylic acids is 1. The Morgan fingerprint density at radius 3 is 2.69 bits per heavy atom. The molecule has 0 fully saturated rings. The molecule has 0 amide bonds. The molecule has 0 spiro atoms. The molecule has 0 saturated heterocycles. The van der Waals surface area contributed by atoms with Crippen LogP contribution in [-0.2, 0) is 7.05 Å². The summed E-state index contributed by atoms with van der Waals surface area (Å²) in [5.74, 6) is -1.48. The summed E-state index contributed by atoms with van der Waals surface area (Å²) in [4.78, 5) is 11.1. The Labute approximate surface area is 99.6 Å². The molecule has 1 heterocycles. The summed E-state index contributed by atoms with van der Waals surface area (Å²) < 4.78 is 15.7. The molecule has 0 radical (unpaired) electrons. The quantitative estimate of drug-likeness (QED) is 0.875. The topological polar surface area (TPSA) is 42.2 Å². The number of carbonyl (C=O) groups is 1. The Morgan fingerprint density at radius 2 is 2.12 bits per heavy atom. The summed E-state index contributed by atoms with van der Waals surface area (Å²) in [6.45, 7) is 1.68. The van der Waals surface area contributed by atoms with Crippen LogP contribution in [0.5, 0.6) is 0 Å². The lowest BCUT2D eigenvalue weighted by molar-refractivity contribution is 0.0686. The van der Waals surface area contributed by atoms with Gasteiger partial charge in [0.1, 0.15) is 11.5 Å². The highest BCUT2D eigenvalue weighted by Gasteiger charge is 2.20. The average molecular weight is 286 g/mol. The largest absolute Gasteiger partial charge is 0.477 e. The van der Waals surface area contributed by atoms with Crippen LogP contribution in [0.2, 0.25) is 0 Å². The van der Waals surface area contributed by atoms with Crippen LogP contribution in [0.4, 0.5) is 4.39 Å². The molecule has 3 nitrogen and oxygen atoms in total. The van der Waals surface area contributed by atoms with Crippen LogP contribution in [0.3, 0.4) is 0 Å². The van der Waals surface area contributed by atoms with Crippen molar-refractivity contribution in [3.05, 3.63) is 33.7 Å². The first kappa shape index (κ1) is 11.1. The van der Waals surface area contributed by atoms with Crippen LogP contribution in [0.1, 0.15) is 16.1 Å². The first-order valence-corrected chi connectivity index (χ1v) is 5.40. The van der Waals surface area contributed by atoms with E-state index in [0.717, 1.165) is 0 Å². The molecule has 0 atom stereocenters. The number of rotatable bonds is 1. The van der Waals surface area contributed by atoms with Gasteiger partial charge in [0.25, 0.3) is 0 Å². The molecule has 0 unspecified atom stereocenters. The summed E-state index contributed by atoms with van der Waals surface area (Å²) in [5, 5.41) is 9.67. The highest BCUT2D eigenvalue weighted by atomic mass is 79.9. The summed E-state index contributed by atoms with van der Waals surface area (Å²) in [6, 6.07) is 3.05. The van der Waals surface area contributed by atoms with Crippen LogP contribution in [0.25, 0.3) is 10.9 Å². The molecule has 2 rings (SSSR count). The van der Waals surface area contributed by atoms with Gasteiger partial charge in [-0.15, -0.1) is 0 Å². The number of benzene rings is 1. The van der Waals surface area contributed by atoms with Gasteiger partial charge in [-0.3, -0.25) is 0 Å². The van der Waals surface area contributed by atoms with E-state index in [2.05, 4.69) is 15.9 Å². The number of aromatic carboxylic acids is 1. The minimum absolute atomic E-state index is 0.118. The third kappa shape index (κ3) is 1.43. The molecule has 2 aromatic rings. The van der Waals surface area contributed by atoms with E-state index in [-0.39, 0.29) is 5.69 Å². The van der Waals surface area contributed by atoms with Crippen molar-refractivity contribution in [3.8, 4) is 0 Å². The van der Waals surface area contributed by atoms with Gasteiger partial charge in [0, 0.05) is 16.9 Å². The van der Waals surface area contributed by atoms with E-state index in [1.807, 2.05) is 0 Å². The van der Waals surface area contributed by atoms with Gasteiger partial charge in [-0.05, 0) is 24.6 Å². The van der Waals surface area contributed by atoms with Crippen molar-refractivity contribution in [3.63, 3.8) is 0 Å². The normalized spacial score (nSPS) is 11.0. The molecule has 0 aliphatic carbocycles. The second-order valence-electron chi connectivity index (χ2n) is 3.62. The van der Waals surface area contributed by atoms with Crippen molar-refractivity contribution in [2.24, 2.45) is 7.05 Å². The maximum Gasteiger partial charge on any atom is 0.352 e. The molecular weight excluding hydrogens is 277 g/mol. The average Bonchev–Trinajstić information content (AvgIpc) is 2.38. The molecule has 16 heavy (non-hydrogen) atoms. The van der Waals surface area contributed by atoms with E-state index in [1.54, 1.807) is 20.0 Å². The molecular formula is C11H9BrFNO2. The van der Waals surface area contributed by atoms with E-state index < -0.39 is 11.8 Å². The van der Waals surface area contributed by atoms with Crippen LogP contribution >= 0.6 is 15.9 Å². The summed E-state index contributed by atoms with van der Waals surface area (Å²) in [5.41, 5.74) is 1.01. The maximum absolute atomic E-state index is 13.7. The van der Waals surface area contributed by atoms with Crippen molar-refractivity contribution in [1.29, 1.82) is 0 Å². The van der Waals surface area contributed by atoms with Gasteiger partial charge < -0.3 is 9.67 Å². The highest BCUT2D eigenvalue weighted by molar-refractivity contribution is 9.10. The smallest absolute Gasteiger partial charge is 0.352 e. The Kier molecular flexibility index (Phi) is 2.50. The van der Waals surface area contributed by atoms with Gasteiger partial charge in [0.2, 0.25) is 0 Å². The second-order valence-corrected chi connectivity index (χ2v) is 4.54. The minimum atomic E-state index is -1.05. The molecule has 5 heteroatoms. The Hall–Kier alpha value is -1.36. The molecule has 1 aromatic carbocycles. The van der Waals surface area contributed by atoms with Crippen molar-refractivity contribution in [1.82, 2.24) is 4.57 Å². The van der Waals surface area contributed by atoms with E-state index in [0.29, 0.717) is 20.9 Å². The maximum atomic E-state index is 13.7. The first-order valence-electron chi connectivity index (χ1n) is 4.60. The van der Waals surface area contributed by atoms with E-state index in [4.69, 9.17) is 5.11 Å². The Bertz CT molecular complexity index is 604. The molecule has 1 aromatic heterocycles. The number of aromatic nitrogens is 1. The van der Waals surface area contributed by atoms with Crippen LogP contribution in [0.15, 0.2) is 16.6 Å². The van der Waals surface area contributed by atoms with Gasteiger partial charge in [0.05, 0.1) is 5.52 Å². The Morgan fingerprint density at radius 1 is 1.50 bits per heavy atom.